The topological polar surface area (TPSA) is 64.6 Å². The molecule has 1 amide bonds. The quantitative estimate of drug-likeness (QED) is 0.704. The lowest BCUT2D eigenvalue weighted by molar-refractivity contribution is -0.119. The smallest absolute Gasteiger partial charge is 0.408 e. The highest BCUT2D eigenvalue weighted by Crippen LogP contribution is 2.11. The Kier molecular flexibility index (Phi) is 3.34. The maximum atomic E-state index is 11.4. The molecular weight excluding hydrogens is 198 g/mol. The Morgan fingerprint density at radius 1 is 1.53 bits per heavy atom. The number of hydrogen-bond donors (Lipinski definition) is 1. The zero-order valence-electron chi connectivity index (χ0n) is 9.49. The molecule has 1 fully saturated rings. The van der Waals surface area contributed by atoms with Crippen molar-refractivity contribution in [3.63, 3.8) is 0 Å². The summed E-state index contributed by atoms with van der Waals surface area (Å²) in [6.07, 6.45) is -0.872. The number of alkyl carbamates (subject to hydrolysis) is 1. The number of ketones is 1. The van der Waals surface area contributed by atoms with Crippen LogP contribution in [0.5, 0.6) is 0 Å². The van der Waals surface area contributed by atoms with Gasteiger partial charge in [-0.3, -0.25) is 4.79 Å². The van der Waals surface area contributed by atoms with Gasteiger partial charge in [0, 0.05) is 0 Å². The second-order valence-corrected chi connectivity index (χ2v) is 4.61. The number of rotatable bonds is 1. The zero-order valence-corrected chi connectivity index (χ0v) is 9.49. The van der Waals surface area contributed by atoms with E-state index in [1.54, 1.807) is 27.7 Å². The molecule has 1 heterocycles. The Bertz CT molecular complexity index is 269. The zero-order chi connectivity index (χ0) is 11.6. The van der Waals surface area contributed by atoms with E-state index in [-0.39, 0.29) is 18.5 Å². The van der Waals surface area contributed by atoms with Gasteiger partial charge in [0.25, 0.3) is 0 Å². The standard InChI is InChI=1S/C10H17NO4/c1-6-8(7(12)5-14-6)11-9(13)15-10(2,3)4/h6,8H,5H2,1-4H3,(H,11,13)/t6-,8+/m1/s1. The van der Waals surface area contributed by atoms with Crippen LogP contribution in [0, 0.1) is 0 Å². The Hall–Kier alpha value is -1.10. The molecule has 2 atom stereocenters. The molecule has 0 aromatic carbocycles. The van der Waals surface area contributed by atoms with E-state index in [9.17, 15) is 9.59 Å². The monoisotopic (exact) mass is 215 g/mol. The molecule has 0 aromatic heterocycles. The van der Waals surface area contributed by atoms with Crippen LogP contribution in [-0.2, 0) is 14.3 Å². The van der Waals surface area contributed by atoms with E-state index in [0.29, 0.717) is 0 Å². The fourth-order valence-electron chi connectivity index (χ4n) is 1.29. The molecule has 1 N–H and O–H groups in total. The van der Waals surface area contributed by atoms with Gasteiger partial charge in [-0.05, 0) is 27.7 Å². The highest BCUT2D eigenvalue weighted by molar-refractivity contribution is 5.90. The van der Waals surface area contributed by atoms with Crippen molar-refractivity contribution in [2.24, 2.45) is 0 Å². The maximum absolute atomic E-state index is 11.4. The lowest BCUT2D eigenvalue weighted by atomic mass is 10.1. The predicted octanol–water partition coefficient (Wildman–Crippen LogP) is 0.867. The first kappa shape index (κ1) is 12.0. The number of carbonyl (C=O) groups is 2. The first-order chi connectivity index (χ1) is 6.79. The number of carbonyl (C=O) groups excluding carboxylic acids is 2. The Morgan fingerprint density at radius 2 is 2.13 bits per heavy atom. The second-order valence-electron chi connectivity index (χ2n) is 4.61. The average Bonchev–Trinajstić information content (AvgIpc) is 2.32. The van der Waals surface area contributed by atoms with Crippen LogP contribution in [0.4, 0.5) is 4.79 Å². The molecular formula is C10H17NO4. The highest BCUT2D eigenvalue weighted by atomic mass is 16.6. The van der Waals surface area contributed by atoms with Crippen molar-refractivity contribution < 1.29 is 19.1 Å². The van der Waals surface area contributed by atoms with Crippen molar-refractivity contribution >= 4 is 11.9 Å². The van der Waals surface area contributed by atoms with Gasteiger partial charge in [0.15, 0.2) is 5.78 Å². The molecule has 0 unspecified atom stereocenters. The summed E-state index contributed by atoms with van der Waals surface area (Å²) >= 11 is 0. The number of nitrogens with one attached hydrogen (secondary N) is 1. The maximum Gasteiger partial charge on any atom is 0.408 e. The van der Waals surface area contributed by atoms with Crippen LogP contribution in [0.1, 0.15) is 27.7 Å². The van der Waals surface area contributed by atoms with Crippen molar-refractivity contribution in [2.45, 2.75) is 45.4 Å². The Morgan fingerprint density at radius 3 is 2.53 bits per heavy atom. The molecule has 15 heavy (non-hydrogen) atoms. The van der Waals surface area contributed by atoms with Crippen LogP contribution >= 0.6 is 0 Å². The lowest BCUT2D eigenvalue weighted by Gasteiger charge is -2.22. The highest BCUT2D eigenvalue weighted by Gasteiger charge is 2.34. The summed E-state index contributed by atoms with van der Waals surface area (Å²) in [4.78, 5) is 22.7. The first-order valence-corrected chi connectivity index (χ1v) is 4.93. The lowest BCUT2D eigenvalue weighted by Crippen LogP contribution is -2.45. The van der Waals surface area contributed by atoms with Crippen molar-refractivity contribution in [2.75, 3.05) is 6.61 Å². The number of amides is 1. The van der Waals surface area contributed by atoms with Crippen LogP contribution in [0.25, 0.3) is 0 Å². The summed E-state index contributed by atoms with van der Waals surface area (Å²) in [5.41, 5.74) is -0.560. The summed E-state index contributed by atoms with van der Waals surface area (Å²) in [6, 6.07) is -0.583. The largest absolute Gasteiger partial charge is 0.444 e. The summed E-state index contributed by atoms with van der Waals surface area (Å²) in [6.45, 7) is 7.10. The Labute approximate surface area is 89.1 Å². The summed E-state index contributed by atoms with van der Waals surface area (Å²) in [7, 11) is 0. The fraction of sp³-hybridized carbons (Fsp3) is 0.800. The number of ether oxygens (including phenoxy) is 2. The minimum absolute atomic E-state index is 0.0572. The number of hydrogen-bond acceptors (Lipinski definition) is 4. The van der Waals surface area contributed by atoms with Crippen molar-refractivity contribution in [3.05, 3.63) is 0 Å². The molecule has 0 radical (unpaired) electrons. The van der Waals surface area contributed by atoms with E-state index in [0.717, 1.165) is 0 Å². The van der Waals surface area contributed by atoms with Gasteiger partial charge in [0.1, 0.15) is 18.2 Å². The van der Waals surface area contributed by atoms with Crippen LogP contribution in [-0.4, -0.2) is 36.2 Å². The molecule has 5 nitrogen and oxygen atoms in total. The third-order valence-electron chi connectivity index (χ3n) is 1.98. The third kappa shape index (κ3) is 3.51. The first-order valence-electron chi connectivity index (χ1n) is 4.93. The molecule has 0 aromatic rings. The van der Waals surface area contributed by atoms with E-state index in [1.807, 2.05) is 0 Å². The molecule has 0 spiro atoms. The average molecular weight is 215 g/mol. The predicted molar refractivity (Wildman–Crippen MR) is 53.6 cm³/mol. The van der Waals surface area contributed by atoms with Crippen molar-refractivity contribution in [1.29, 1.82) is 0 Å². The summed E-state index contributed by atoms with van der Waals surface area (Å²) < 4.78 is 10.1. The minimum atomic E-state index is -0.585. The van der Waals surface area contributed by atoms with Gasteiger partial charge < -0.3 is 14.8 Å². The van der Waals surface area contributed by atoms with E-state index < -0.39 is 17.7 Å². The minimum Gasteiger partial charge on any atom is -0.444 e. The molecule has 5 heteroatoms. The van der Waals surface area contributed by atoms with Crippen LogP contribution in [0.15, 0.2) is 0 Å². The molecule has 86 valence electrons. The molecule has 1 rings (SSSR count). The fourth-order valence-corrected chi connectivity index (χ4v) is 1.29. The van der Waals surface area contributed by atoms with E-state index in [2.05, 4.69) is 5.32 Å². The molecule has 0 bridgehead atoms. The van der Waals surface area contributed by atoms with Gasteiger partial charge in [-0.25, -0.2) is 4.79 Å². The molecule has 0 aliphatic carbocycles. The van der Waals surface area contributed by atoms with Crippen LogP contribution in [0.3, 0.4) is 0 Å². The second kappa shape index (κ2) is 4.18. The summed E-state index contributed by atoms with van der Waals surface area (Å²) in [5, 5.41) is 2.50. The van der Waals surface area contributed by atoms with Gasteiger partial charge >= 0.3 is 6.09 Å². The van der Waals surface area contributed by atoms with Crippen LogP contribution < -0.4 is 5.32 Å². The number of Topliss-reactive ketones (excluding diaryl/α,β-unsaturated/α-hetero) is 1. The molecule has 0 saturated carbocycles. The Balaban J connectivity index is 2.48. The van der Waals surface area contributed by atoms with Crippen LogP contribution in [0.2, 0.25) is 0 Å². The van der Waals surface area contributed by atoms with Gasteiger partial charge in [-0.2, -0.15) is 0 Å². The van der Waals surface area contributed by atoms with Gasteiger partial charge in [0.2, 0.25) is 0 Å². The van der Waals surface area contributed by atoms with E-state index >= 15 is 0 Å². The van der Waals surface area contributed by atoms with Gasteiger partial charge in [-0.1, -0.05) is 0 Å². The van der Waals surface area contributed by atoms with Gasteiger partial charge in [-0.15, -0.1) is 0 Å². The third-order valence-corrected chi connectivity index (χ3v) is 1.98. The van der Waals surface area contributed by atoms with Gasteiger partial charge in [0.05, 0.1) is 6.10 Å². The molecule has 1 aliphatic rings. The van der Waals surface area contributed by atoms with Crippen molar-refractivity contribution in [3.8, 4) is 0 Å². The van der Waals surface area contributed by atoms with E-state index in [1.165, 1.54) is 0 Å². The molecule has 1 aliphatic heterocycles. The SMILES string of the molecule is C[C@H]1OCC(=O)[C@H]1NC(=O)OC(C)(C)C. The normalized spacial score (nSPS) is 26.5. The summed E-state index contributed by atoms with van der Waals surface area (Å²) in [5.74, 6) is -0.117. The van der Waals surface area contributed by atoms with Crippen molar-refractivity contribution in [1.82, 2.24) is 5.32 Å². The van der Waals surface area contributed by atoms with E-state index in [4.69, 9.17) is 9.47 Å². The molecule has 1 saturated heterocycles.